The summed E-state index contributed by atoms with van der Waals surface area (Å²) < 4.78 is 5.72. The number of nitrogens with two attached hydrogens (primary N) is 1. The zero-order chi connectivity index (χ0) is 16.0. The van der Waals surface area contributed by atoms with Crippen molar-refractivity contribution in [3.05, 3.63) is 36.1 Å². The zero-order valence-electron chi connectivity index (χ0n) is 14.0. The number of nitrogens with zero attached hydrogens (tertiary/aromatic N) is 2. The molecular weight excluding hydrogens is 262 g/mol. The van der Waals surface area contributed by atoms with E-state index in [0.29, 0.717) is 6.04 Å². The molecule has 0 aliphatic heterocycles. The minimum atomic E-state index is -0.0592. The maximum absolute atomic E-state index is 5.72. The molecule has 0 aliphatic carbocycles. The van der Waals surface area contributed by atoms with E-state index in [1.54, 1.807) is 6.20 Å². The van der Waals surface area contributed by atoms with Crippen LogP contribution in [0.3, 0.4) is 0 Å². The maximum Gasteiger partial charge on any atom is 0.200 e. The van der Waals surface area contributed by atoms with Gasteiger partial charge in [-0.3, -0.25) is 4.98 Å². The monoisotopic (exact) mass is 289 g/mol. The minimum Gasteiger partial charge on any atom is -0.440 e. The molecule has 1 atom stereocenters. The third kappa shape index (κ3) is 5.68. The highest BCUT2D eigenvalue weighted by atomic mass is 16.4. The molecule has 0 aliphatic rings. The first-order chi connectivity index (χ1) is 9.74. The van der Waals surface area contributed by atoms with Gasteiger partial charge in [-0.25, -0.2) is 4.98 Å². The Labute approximate surface area is 127 Å². The van der Waals surface area contributed by atoms with Crippen molar-refractivity contribution in [1.29, 1.82) is 0 Å². The second-order valence-corrected chi connectivity index (χ2v) is 6.35. The number of rotatable bonds is 2. The highest BCUT2D eigenvalue weighted by molar-refractivity contribution is 5.54. The zero-order valence-corrected chi connectivity index (χ0v) is 14.0. The number of pyridine rings is 1. The SMILES string of the molecule is CCC(C)N.Cc1ccc(-c2cnc(C(C)(C)C)o2)cn1. The van der Waals surface area contributed by atoms with E-state index < -0.39 is 0 Å². The highest BCUT2D eigenvalue weighted by Gasteiger charge is 2.20. The summed E-state index contributed by atoms with van der Waals surface area (Å²) in [6.07, 6.45) is 4.65. The molecular formula is C17H27N3O. The van der Waals surface area contributed by atoms with Crippen molar-refractivity contribution in [1.82, 2.24) is 9.97 Å². The molecule has 1 unspecified atom stereocenters. The van der Waals surface area contributed by atoms with Crippen LogP contribution in [0.15, 0.2) is 28.9 Å². The van der Waals surface area contributed by atoms with Crippen molar-refractivity contribution >= 4 is 0 Å². The van der Waals surface area contributed by atoms with E-state index in [1.165, 1.54) is 0 Å². The van der Waals surface area contributed by atoms with Gasteiger partial charge in [0.15, 0.2) is 11.7 Å². The molecule has 0 bridgehead atoms. The average Bonchev–Trinajstić information content (AvgIpc) is 2.90. The Morgan fingerprint density at radius 1 is 1.19 bits per heavy atom. The summed E-state index contributed by atoms with van der Waals surface area (Å²) in [5.74, 6) is 1.53. The number of aromatic nitrogens is 2. The topological polar surface area (TPSA) is 64.9 Å². The quantitative estimate of drug-likeness (QED) is 0.904. The second kappa shape index (κ2) is 7.36. The fourth-order valence-electron chi connectivity index (χ4n) is 1.37. The average molecular weight is 289 g/mol. The van der Waals surface area contributed by atoms with E-state index in [-0.39, 0.29) is 5.41 Å². The van der Waals surface area contributed by atoms with Gasteiger partial charge in [-0.1, -0.05) is 27.7 Å². The molecule has 2 rings (SSSR count). The first kappa shape index (κ1) is 17.4. The van der Waals surface area contributed by atoms with Crippen LogP contribution in [0.4, 0.5) is 0 Å². The predicted molar refractivity (Wildman–Crippen MR) is 87.1 cm³/mol. The molecule has 0 fully saturated rings. The molecule has 21 heavy (non-hydrogen) atoms. The van der Waals surface area contributed by atoms with Crippen LogP contribution < -0.4 is 5.73 Å². The van der Waals surface area contributed by atoms with Gasteiger partial charge in [0.25, 0.3) is 0 Å². The summed E-state index contributed by atoms with van der Waals surface area (Å²) in [6.45, 7) is 12.3. The van der Waals surface area contributed by atoms with Crippen LogP contribution in [0.25, 0.3) is 11.3 Å². The van der Waals surface area contributed by atoms with Crippen LogP contribution in [0.2, 0.25) is 0 Å². The molecule has 0 aromatic carbocycles. The molecule has 0 radical (unpaired) electrons. The standard InChI is InChI=1S/C13H16N2O.C4H11N/c1-9-5-6-10(7-14-9)11-8-15-12(16-11)13(2,3)4;1-3-4(2)5/h5-8H,1-4H3;4H,3,5H2,1-2H3. The Hall–Kier alpha value is -1.68. The number of hydrogen-bond acceptors (Lipinski definition) is 4. The smallest absolute Gasteiger partial charge is 0.200 e. The van der Waals surface area contributed by atoms with Gasteiger partial charge in [-0.2, -0.15) is 0 Å². The van der Waals surface area contributed by atoms with Crippen molar-refractivity contribution in [2.75, 3.05) is 0 Å². The van der Waals surface area contributed by atoms with Crippen molar-refractivity contribution in [3.63, 3.8) is 0 Å². The van der Waals surface area contributed by atoms with Gasteiger partial charge in [0, 0.05) is 28.9 Å². The molecule has 2 aromatic heterocycles. The number of hydrogen-bond donors (Lipinski definition) is 1. The summed E-state index contributed by atoms with van der Waals surface area (Å²) in [6, 6.07) is 4.35. The van der Waals surface area contributed by atoms with Crippen LogP contribution in [0.1, 0.15) is 52.6 Å². The molecule has 116 valence electrons. The largest absolute Gasteiger partial charge is 0.440 e. The lowest BCUT2D eigenvalue weighted by Gasteiger charge is -2.12. The van der Waals surface area contributed by atoms with Crippen molar-refractivity contribution in [3.8, 4) is 11.3 Å². The Morgan fingerprint density at radius 2 is 1.81 bits per heavy atom. The first-order valence-corrected chi connectivity index (χ1v) is 7.39. The minimum absolute atomic E-state index is 0.0592. The lowest BCUT2D eigenvalue weighted by molar-refractivity contribution is 0.399. The molecule has 4 heteroatoms. The molecule has 2 aromatic rings. The molecule has 0 spiro atoms. The van der Waals surface area contributed by atoms with Crippen LogP contribution >= 0.6 is 0 Å². The Kier molecular flexibility index (Phi) is 6.09. The Bertz CT molecular complexity index is 536. The molecule has 2 heterocycles. The van der Waals surface area contributed by atoms with Crippen molar-refractivity contribution < 1.29 is 4.42 Å². The molecule has 0 amide bonds. The van der Waals surface area contributed by atoms with Crippen LogP contribution in [0, 0.1) is 6.92 Å². The van der Waals surface area contributed by atoms with Gasteiger partial charge < -0.3 is 10.2 Å². The summed E-state index contributed by atoms with van der Waals surface area (Å²) in [7, 11) is 0. The van der Waals surface area contributed by atoms with Gasteiger partial charge in [-0.05, 0) is 32.4 Å². The van der Waals surface area contributed by atoms with Gasteiger partial charge in [0.05, 0.1) is 6.20 Å². The van der Waals surface area contributed by atoms with Crippen LogP contribution in [-0.4, -0.2) is 16.0 Å². The van der Waals surface area contributed by atoms with Gasteiger partial charge in [0.2, 0.25) is 0 Å². The molecule has 4 nitrogen and oxygen atoms in total. The summed E-state index contributed by atoms with van der Waals surface area (Å²) in [5.41, 5.74) is 7.20. The van der Waals surface area contributed by atoms with Gasteiger partial charge in [-0.15, -0.1) is 0 Å². The fourth-order valence-corrected chi connectivity index (χ4v) is 1.37. The number of aryl methyl sites for hydroxylation is 1. The normalized spacial score (nSPS) is 12.5. The van der Waals surface area contributed by atoms with Crippen molar-refractivity contribution in [2.45, 2.75) is 59.4 Å². The summed E-state index contributed by atoms with van der Waals surface area (Å²) >= 11 is 0. The van der Waals surface area contributed by atoms with E-state index in [0.717, 1.165) is 29.3 Å². The fraction of sp³-hybridized carbons (Fsp3) is 0.529. The Balaban J connectivity index is 0.000000383. The third-order valence-electron chi connectivity index (χ3n) is 2.99. The third-order valence-corrected chi connectivity index (χ3v) is 2.99. The van der Waals surface area contributed by atoms with Crippen LogP contribution in [0.5, 0.6) is 0 Å². The van der Waals surface area contributed by atoms with E-state index in [1.807, 2.05) is 32.2 Å². The molecule has 2 N–H and O–H groups in total. The van der Waals surface area contributed by atoms with Crippen LogP contribution in [-0.2, 0) is 5.41 Å². The van der Waals surface area contributed by atoms with E-state index in [4.69, 9.17) is 10.2 Å². The second-order valence-electron chi connectivity index (χ2n) is 6.35. The first-order valence-electron chi connectivity index (χ1n) is 7.39. The lowest BCUT2D eigenvalue weighted by Crippen LogP contribution is -2.11. The Morgan fingerprint density at radius 3 is 2.19 bits per heavy atom. The van der Waals surface area contributed by atoms with E-state index in [2.05, 4.69) is 37.7 Å². The highest BCUT2D eigenvalue weighted by Crippen LogP contribution is 2.26. The van der Waals surface area contributed by atoms with Crippen molar-refractivity contribution in [2.24, 2.45) is 5.73 Å². The maximum atomic E-state index is 5.72. The summed E-state index contributed by atoms with van der Waals surface area (Å²) in [5, 5.41) is 0. The van der Waals surface area contributed by atoms with Gasteiger partial charge in [0.1, 0.15) is 0 Å². The van der Waals surface area contributed by atoms with E-state index in [9.17, 15) is 0 Å². The number of oxazole rings is 1. The van der Waals surface area contributed by atoms with Gasteiger partial charge >= 0.3 is 0 Å². The predicted octanol–water partition coefficient (Wildman–Crippen LogP) is 4.09. The molecule has 0 saturated heterocycles. The van der Waals surface area contributed by atoms with E-state index >= 15 is 0 Å². The summed E-state index contributed by atoms with van der Waals surface area (Å²) in [4.78, 5) is 8.53. The lowest BCUT2D eigenvalue weighted by atomic mass is 9.97. The molecule has 0 saturated carbocycles.